The van der Waals surface area contributed by atoms with E-state index in [0.717, 1.165) is 18.5 Å². The number of halogens is 3. The lowest BCUT2D eigenvalue weighted by molar-refractivity contribution is 0.189. The molecule has 1 N–H and O–H groups in total. The normalized spacial score (nSPS) is 22.5. The van der Waals surface area contributed by atoms with Gasteiger partial charge in [0.15, 0.2) is 0 Å². The largest absolute Gasteiger partial charge is 0.491 e. The third-order valence-corrected chi connectivity index (χ3v) is 4.23. The van der Waals surface area contributed by atoms with Crippen LogP contribution >= 0.6 is 34.8 Å². The van der Waals surface area contributed by atoms with Crippen LogP contribution in [0, 0.1) is 5.92 Å². The van der Waals surface area contributed by atoms with E-state index < -0.39 is 0 Å². The van der Waals surface area contributed by atoms with Gasteiger partial charge in [0, 0.05) is 17.5 Å². The number of rotatable bonds is 3. The second-order valence-corrected chi connectivity index (χ2v) is 5.81. The van der Waals surface area contributed by atoms with Gasteiger partial charge in [0.1, 0.15) is 5.75 Å². The first-order valence-electron chi connectivity index (χ1n) is 6.09. The molecule has 0 saturated carbocycles. The van der Waals surface area contributed by atoms with Crippen molar-refractivity contribution in [2.45, 2.75) is 26.3 Å². The molecular formula is C13H16Cl3NO. The van der Waals surface area contributed by atoms with Gasteiger partial charge in [-0.2, -0.15) is 0 Å². The summed E-state index contributed by atoms with van der Waals surface area (Å²) in [6.07, 6.45) is 1.06. The first kappa shape index (κ1) is 14.3. The van der Waals surface area contributed by atoms with Crippen LogP contribution in [0.15, 0.2) is 6.07 Å². The van der Waals surface area contributed by atoms with E-state index in [0.29, 0.717) is 33.3 Å². The third kappa shape index (κ3) is 2.57. The maximum Gasteiger partial charge on any atom is 0.144 e. The van der Waals surface area contributed by atoms with Crippen molar-refractivity contribution in [3.05, 3.63) is 26.7 Å². The van der Waals surface area contributed by atoms with Crippen molar-refractivity contribution in [1.82, 2.24) is 5.32 Å². The van der Waals surface area contributed by atoms with Crippen molar-refractivity contribution in [1.29, 1.82) is 0 Å². The lowest BCUT2D eigenvalue weighted by atomic mass is 9.91. The molecule has 2 unspecified atom stereocenters. The first-order chi connectivity index (χ1) is 8.56. The Labute approximate surface area is 123 Å². The summed E-state index contributed by atoms with van der Waals surface area (Å²) in [5, 5.41) is 5.03. The average molecular weight is 309 g/mol. The van der Waals surface area contributed by atoms with Crippen LogP contribution < -0.4 is 10.1 Å². The van der Waals surface area contributed by atoms with Crippen molar-refractivity contribution < 1.29 is 4.74 Å². The molecule has 0 bridgehead atoms. The molecule has 1 heterocycles. The predicted molar refractivity (Wildman–Crippen MR) is 77.2 cm³/mol. The van der Waals surface area contributed by atoms with E-state index in [1.807, 2.05) is 0 Å². The van der Waals surface area contributed by atoms with E-state index >= 15 is 0 Å². The summed E-state index contributed by atoms with van der Waals surface area (Å²) in [5.41, 5.74) is 0.890. The Bertz CT molecular complexity index is 450. The summed E-state index contributed by atoms with van der Waals surface area (Å²) in [5.74, 6) is 0.994. The molecule has 0 aromatic heterocycles. The minimum atomic E-state index is 0.136. The van der Waals surface area contributed by atoms with Crippen LogP contribution in [0.2, 0.25) is 15.1 Å². The molecule has 100 valence electrons. The Balaban J connectivity index is 2.47. The molecule has 0 saturated heterocycles. The Morgan fingerprint density at radius 2 is 2.06 bits per heavy atom. The monoisotopic (exact) mass is 307 g/mol. The minimum Gasteiger partial charge on any atom is -0.491 e. The maximum absolute atomic E-state index is 6.31. The molecule has 1 aliphatic rings. The average Bonchev–Trinajstić information content (AvgIpc) is 2.34. The molecule has 0 amide bonds. The zero-order valence-corrected chi connectivity index (χ0v) is 12.7. The van der Waals surface area contributed by atoms with Gasteiger partial charge < -0.3 is 10.1 Å². The van der Waals surface area contributed by atoms with Gasteiger partial charge in [0.05, 0.1) is 21.7 Å². The molecule has 1 aromatic rings. The van der Waals surface area contributed by atoms with E-state index in [2.05, 4.69) is 19.2 Å². The number of benzene rings is 1. The van der Waals surface area contributed by atoms with E-state index in [9.17, 15) is 0 Å². The van der Waals surface area contributed by atoms with Gasteiger partial charge in [-0.25, -0.2) is 0 Å². The molecule has 0 aliphatic carbocycles. The Kier molecular flexibility index (Phi) is 4.65. The fourth-order valence-electron chi connectivity index (χ4n) is 2.22. The second-order valence-electron chi connectivity index (χ2n) is 4.62. The molecular weight excluding hydrogens is 293 g/mol. The van der Waals surface area contributed by atoms with Crippen LogP contribution in [-0.2, 0) is 0 Å². The molecule has 1 aromatic carbocycles. The third-order valence-electron chi connectivity index (χ3n) is 3.15. The Morgan fingerprint density at radius 3 is 2.72 bits per heavy atom. The van der Waals surface area contributed by atoms with Gasteiger partial charge in [-0.3, -0.25) is 0 Å². The molecule has 1 aliphatic heterocycles. The summed E-state index contributed by atoms with van der Waals surface area (Å²) in [4.78, 5) is 0. The number of hydrogen-bond donors (Lipinski definition) is 1. The minimum absolute atomic E-state index is 0.136. The SMILES string of the molecule is CCCNC1c2c(Cl)c(Cl)cc(Cl)c2OCC1C. The number of ether oxygens (including phenoxy) is 1. The summed E-state index contributed by atoms with van der Waals surface area (Å²) >= 11 is 18.6. The molecule has 2 rings (SSSR count). The number of fused-ring (bicyclic) bond motifs is 1. The van der Waals surface area contributed by atoms with Crippen LogP contribution in [0.4, 0.5) is 0 Å². The maximum atomic E-state index is 6.31. The van der Waals surface area contributed by atoms with Crippen molar-refractivity contribution in [2.75, 3.05) is 13.2 Å². The van der Waals surface area contributed by atoms with E-state index in [-0.39, 0.29) is 6.04 Å². The van der Waals surface area contributed by atoms with Crippen LogP contribution in [0.25, 0.3) is 0 Å². The van der Waals surface area contributed by atoms with E-state index in [1.165, 1.54) is 0 Å². The second kappa shape index (κ2) is 5.87. The van der Waals surface area contributed by atoms with Gasteiger partial charge in [0.25, 0.3) is 0 Å². The topological polar surface area (TPSA) is 21.3 Å². The van der Waals surface area contributed by atoms with Crippen molar-refractivity contribution in [2.24, 2.45) is 5.92 Å². The smallest absolute Gasteiger partial charge is 0.144 e. The summed E-state index contributed by atoms with van der Waals surface area (Å²) < 4.78 is 5.70. The van der Waals surface area contributed by atoms with E-state index in [4.69, 9.17) is 39.5 Å². The fourth-order valence-corrected chi connectivity index (χ4v) is 3.01. The van der Waals surface area contributed by atoms with Crippen LogP contribution in [0.3, 0.4) is 0 Å². The van der Waals surface area contributed by atoms with Gasteiger partial charge in [-0.1, -0.05) is 48.7 Å². The number of hydrogen-bond acceptors (Lipinski definition) is 2. The Hall–Kier alpha value is -0.150. The standard InChI is InChI=1S/C13H16Cl3NO/c1-3-4-17-12-7(2)6-18-13-9(15)5-8(14)11(16)10(12)13/h5,7,12,17H,3-4,6H2,1-2H3. The highest BCUT2D eigenvalue weighted by molar-refractivity contribution is 6.44. The summed E-state index contributed by atoms with van der Waals surface area (Å²) in [6, 6.07) is 1.77. The van der Waals surface area contributed by atoms with Gasteiger partial charge in [-0.15, -0.1) is 0 Å². The zero-order chi connectivity index (χ0) is 13.3. The highest BCUT2D eigenvalue weighted by Gasteiger charge is 2.32. The molecule has 2 atom stereocenters. The lowest BCUT2D eigenvalue weighted by Gasteiger charge is -2.33. The molecule has 0 fully saturated rings. The van der Waals surface area contributed by atoms with Crippen LogP contribution in [0.5, 0.6) is 5.75 Å². The van der Waals surface area contributed by atoms with E-state index in [1.54, 1.807) is 6.07 Å². The van der Waals surface area contributed by atoms with Crippen LogP contribution in [0.1, 0.15) is 31.9 Å². The Morgan fingerprint density at radius 1 is 1.33 bits per heavy atom. The summed E-state index contributed by atoms with van der Waals surface area (Å²) in [6.45, 7) is 5.81. The molecule has 2 nitrogen and oxygen atoms in total. The number of nitrogens with one attached hydrogen (secondary N) is 1. The summed E-state index contributed by atoms with van der Waals surface area (Å²) in [7, 11) is 0. The highest BCUT2D eigenvalue weighted by atomic mass is 35.5. The fraction of sp³-hybridized carbons (Fsp3) is 0.538. The van der Waals surface area contributed by atoms with Crippen molar-refractivity contribution in [3.63, 3.8) is 0 Å². The lowest BCUT2D eigenvalue weighted by Crippen LogP contribution is -2.34. The molecule has 5 heteroatoms. The van der Waals surface area contributed by atoms with Crippen LogP contribution in [-0.4, -0.2) is 13.2 Å². The van der Waals surface area contributed by atoms with Crippen molar-refractivity contribution in [3.8, 4) is 5.75 Å². The predicted octanol–water partition coefficient (Wildman–Crippen LogP) is 4.72. The van der Waals surface area contributed by atoms with Gasteiger partial charge in [-0.05, 0) is 19.0 Å². The zero-order valence-electron chi connectivity index (χ0n) is 10.4. The van der Waals surface area contributed by atoms with Gasteiger partial charge in [0.2, 0.25) is 0 Å². The molecule has 0 radical (unpaired) electrons. The molecule has 0 spiro atoms. The molecule has 18 heavy (non-hydrogen) atoms. The highest BCUT2D eigenvalue weighted by Crippen LogP contribution is 2.46. The van der Waals surface area contributed by atoms with Gasteiger partial charge >= 0.3 is 0 Å². The van der Waals surface area contributed by atoms with Crippen molar-refractivity contribution >= 4 is 34.8 Å². The first-order valence-corrected chi connectivity index (χ1v) is 7.23. The quantitative estimate of drug-likeness (QED) is 0.816.